The normalized spacial score (nSPS) is 19.3. The summed E-state index contributed by atoms with van der Waals surface area (Å²) in [6, 6.07) is 16.4. The highest BCUT2D eigenvalue weighted by molar-refractivity contribution is 7.99. The van der Waals surface area contributed by atoms with E-state index < -0.39 is 15.1 Å². The Morgan fingerprint density at radius 1 is 0.740 bits per heavy atom. The Bertz CT molecular complexity index is 1850. The number of piperidine rings is 2. The lowest BCUT2D eigenvalue weighted by Gasteiger charge is -2.36. The Balaban J connectivity index is 0.000000195. The molecule has 50 heavy (non-hydrogen) atoms. The van der Waals surface area contributed by atoms with Gasteiger partial charge < -0.3 is 19.8 Å². The Morgan fingerprint density at radius 2 is 1.16 bits per heavy atom. The lowest BCUT2D eigenvalue weighted by atomic mass is 10.0. The summed E-state index contributed by atoms with van der Waals surface area (Å²) >= 11 is 1.61. The van der Waals surface area contributed by atoms with E-state index in [9.17, 15) is 18.0 Å². The monoisotopic (exact) mass is 718 g/mol. The van der Waals surface area contributed by atoms with Gasteiger partial charge in [-0.3, -0.25) is 9.59 Å². The fraction of sp³-hybridized carbons (Fsp3) is 0.474. The van der Waals surface area contributed by atoms with Crippen LogP contribution < -0.4 is 0 Å². The van der Waals surface area contributed by atoms with Gasteiger partial charge in [-0.15, -0.1) is 0 Å². The Kier molecular flexibility index (Phi) is 12.3. The number of carbonyl (C=O) groups excluding carboxylic acids is 2. The quantitative estimate of drug-likeness (QED) is 0.199. The topological polar surface area (TPSA) is 132 Å². The molecule has 2 amide bonds. The van der Waals surface area contributed by atoms with Gasteiger partial charge in [0, 0.05) is 19.3 Å². The van der Waals surface area contributed by atoms with E-state index in [-0.39, 0.29) is 29.1 Å². The number of carbonyl (C=O) groups is 2. The lowest BCUT2D eigenvalue weighted by molar-refractivity contribution is -0.135. The molecule has 12 heteroatoms. The average Bonchev–Trinajstić information content (AvgIpc) is 3.82. The predicted octanol–water partition coefficient (Wildman–Crippen LogP) is 7.06. The number of aryl methyl sites for hydroxylation is 2. The number of H-pyrrole nitrogens is 2. The van der Waals surface area contributed by atoms with Crippen LogP contribution in [0.25, 0.3) is 22.5 Å². The molecule has 4 heterocycles. The lowest BCUT2D eigenvalue weighted by Crippen LogP contribution is -2.45. The van der Waals surface area contributed by atoms with E-state index in [1.807, 2.05) is 55.5 Å². The van der Waals surface area contributed by atoms with Gasteiger partial charge in [0.1, 0.15) is 16.9 Å². The van der Waals surface area contributed by atoms with Crippen molar-refractivity contribution in [1.82, 2.24) is 29.7 Å². The van der Waals surface area contributed by atoms with Crippen molar-refractivity contribution in [3.63, 3.8) is 0 Å². The van der Waals surface area contributed by atoms with E-state index in [4.69, 9.17) is 0 Å². The number of nitrogens with one attached hydrogen (secondary N) is 2. The van der Waals surface area contributed by atoms with Crippen molar-refractivity contribution in [3.8, 4) is 22.5 Å². The predicted molar refractivity (Wildman–Crippen MR) is 201 cm³/mol. The summed E-state index contributed by atoms with van der Waals surface area (Å²) in [5.41, 5.74) is 6.51. The number of aromatic amines is 2. The number of benzene rings is 2. The van der Waals surface area contributed by atoms with Gasteiger partial charge in [0.2, 0.25) is 11.8 Å². The van der Waals surface area contributed by atoms with E-state index in [0.717, 1.165) is 79.7 Å². The zero-order valence-corrected chi connectivity index (χ0v) is 31.6. The summed E-state index contributed by atoms with van der Waals surface area (Å²) in [5, 5.41) is -1.04. The second-order valence-corrected chi connectivity index (χ2v) is 17.1. The van der Waals surface area contributed by atoms with Crippen LogP contribution in [0.4, 0.5) is 0 Å². The number of aromatic nitrogens is 4. The second kappa shape index (κ2) is 16.4. The van der Waals surface area contributed by atoms with Crippen molar-refractivity contribution in [1.29, 1.82) is 0 Å². The highest BCUT2D eigenvalue weighted by Crippen LogP contribution is 2.33. The van der Waals surface area contributed by atoms with Crippen LogP contribution in [0.2, 0.25) is 0 Å². The van der Waals surface area contributed by atoms with Crippen LogP contribution >= 0.6 is 11.8 Å². The zero-order chi connectivity index (χ0) is 36.0. The molecule has 2 saturated heterocycles. The number of thioether (sulfide) groups is 1. The molecule has 6 rings (SSSR count). The average molecular weight is 719 g/mol. The molecule has 0 spiro atoms. The van der Waals surface area contributed by atoms with E-state index in [1.165, 1.54) is 18.1 Å². The molecule has 2 aliphatic rings. The van der Waals surface area contributed by atoms with Gasteiger partial charge in [-0.1, -0.05) is 59.7 Å². The minimum atomic E-state index is -3.42. The Labute approximate surface area is 300 Å². The molecule has 4 unspecified atom stereocenters. The Morgan fingerprint density at radius 3 is 1.56 bits per heavy atom. The van der Waals surface area contributed by atoms with Gasteiger partial charge in [-0.25, -0.2) is 18.4 Å². The molecule has 10 nitrogen and oxygen atoms in total. The molecule has 2 N–H and O–H groups in total. The van der Waals surface area contributed by atoms with Crippen LogP contribution in [-0.4, -0.2) is 86.1 Å². The maximum atomic E-state index is 12.7. The van der Waals surface area contributed by atoms with Crippen molar-refractivity contribution in [2.24, 2.45) is 0 Å². The van der Waals surface area contributed by atoms with Crippen molar-refractivity contribution < 1.29 is 18.0 Å². The highest BCUT2D eigenvalue weighted by Gasteiger charge is 2.36. The molecule has 2 aromatic carbocycles. The van der Waals surface area contributed by atoms with Crippen LogP contribution in [-0.2, 0) is 19.4 Å². The van der Waals surface area contributed by atoms with E-state index in [0.29, 0.717) is 12.4 Å². The first-order valence-electron chi connectivity index (χ1n) is 17.4. The van der Waals surface area contributed by atoms with Crippen LogP contribution in [0.3, 0.4) is 0 Å². The number of likely N-dealkylation sites (tertiary alicyclic amines) is 2. The molecule has 0 bridgehead atoms. The molecule has 0 aliphatic carbocycles. The van der Waals surface area contributed by atoms with E-state index in [2.05, 4.69) is 51.1 Å². The standard InChI is InChI=1S/C19H25N3O3S.C19H25N3OS/c1-13-7-9-15(10-8-13)16-12-20-18(21-16)17-6-4-5-11-22(17)19(23)14(2)26(3,24)25;1-13-7-9-15(10-8-13)16-12-20-18(21-16)17-6-4-5-11-22(17)19(23)14(2)24-3/h7-10,12,14,17H,4-6,11H2,1-3H3,(H,20,21);7-10,12,14,17H,4-6,11H2,1-3H3,(H,20,21). The van der Waals surface area contributed by atoms with Gasteiger partial charge in [0.15, 0.2) is 9.84 Å². The first-order chi connectivity index (χ1) is 23.9. The van der Waals surface area contributed by atoms with Crippen LogP contribution in [0.15, 0.2) is 60.9 Å². The second-order valence-electron chi connectivity index (χ2n) is 13.5. The molecule has 0 radical (unpaired) electrons. The maximum Gasteiger partial charge on any atom is 0.241 e. The number of sulfone groups is 1. The highest BCUT2D eigenvalue weighted by atomic mass is 32.2. The van der Waals surface area contributed by atoms with Crippen LogP contribution in [0, 0.1) is 13.8 Å². The SMILES string of the molecule is CSC(C)C(=O)N1CCCCC1c1ncc(-c2ccc(C)cc2)[nH]1.Cc1ccc(-c2cnc(C3CCCCN3C(=O)C(C)S(C)(=O)=O)[nH]2)cc1. The number of hydrogen-bond donors (Lipinski definition) is 2. The third-order valence-electron chi connectivity index (χ3n) is 9.81. The molecular weight excluding hydrogens is 669 g/mol. The molecule has 2 fully saturated rings. The zero-order valence-electron chi connectivity index (χ0n) is 30.0. The molecular formula is C38H50N6O4S2. The van der Waals surface area contributed by atoms with Crippen molar-refractivity contribution in [2.75, 3.05) is 25.6 Å². The summed E-state index contributed by atoms with van der Waals surface area (Å²) < 4.78 is 23.6. The number of amides is 2. The van der Waals surface area contributed by atoms with Gasteiger partial charge in [-0.2, -0.15) is 11.8 Å². The molecule has 4 atom stereocenters. The van der Waals surface area contributed by atoms with Gasteiger partial charge in [0.05, 0.1) is 41.1 Å². The minimum absolute atomic E-state index is 0.00266. The van der Waals surface area contributed by atoms with Crippen molar-refractivity contribution in [3.05, 3.63) is 83.7 Å². The number of nitrogens with zero attached hydrogens (tertiary/aromatic N) is 4. The summed E-state index contributed by atoms with van der Waals surface area (Å²) in [6.45, 7) is 8.96. The summed E-state index contributed by atoms with van der Waals surface area (Å²) in [5.74, 6) is 1.51. The van der Waals surface area contributed by atoms with Gasteiger partial charge in [0.25, 0.3) is 0 Å². The first-order valence-corrected chi connectivity index (χ1v) is 20.7. The van der Waals surface area contributed by atoms with Crippen molar-refractivity contribution >= 4 is 33.4 Å². The maximum absolute atomic E-state index is 12.7. The number of rotatable bonds is 8. The summed E-state index contributed by atoms with van der Waals surface area (Å²) in [4.78, 5) is 45.0. The number of hydrogen-bond acceptors (Lipinski definition) is 7. The molecule has 0 saturated carbocycles. The van der Waals surface area contributed by atoms with Crippen LogP contribution in [0.1, 0.15) is 87.2 Å². The number of imidazole rings is 2. The first kappa shape index (κ1) is 37.4. The summed E-state index contributed by atoms with van der Waals surface area (Å²) in [6.07, 6.45) is 12.6. The van der Waals surface area contributed by atoms with E-state index >= 15 is 0 Å². The van der Waals surface area contributed by atoms with Gasteiger partial charge in [-0.05, 0) is 83.6 Å². The van der Waals surface area contributed by atoms with Crippen LogP contribution in [0.5, 0.6) is 0 Å². The smallest absolute Gasteiger partial charge is 0.241 e. The van der Waals surface area contributed by atoms with Gasteiger partial charge >= 0.3 is 0 Å². The Hall–Kier alpha value is -3.90. The fourth-order valence-electron chi connectivity index (χ4n) is 6.48. The molecule has 2 aromatic heterocycles. The largest absolute Gasteiger partial charge is 0.340 e. The fourth-order valence-corrected chi connectivity index (χ4v) is 7.32. The van der Waals surface area contributed by atoms with E-state index in [1.54, 1.807) is 22.9 Å². The minimum Gasteiger partial charge on any atom is -0.340 e. The van der Waals surface area contributed by atoms with Crippen molar-refractivity contribution in [2.45, 2.75) is 88.8 Å². The summed E-state index contributed by atoms with van der Waals surface area (Å²) in [7, 11) is -3.42. The molecule has 268 valence electrons. The third-order valence-corrected chi connectivity index (χ3v) is 12.2. The molecule has 2 aliphatic heterocycles. The third kappa shape index (κ3) is 8.87. The molecule has 4 aromatic rings.